The van der Waals surface area contributed by atoms with Crippen LogP contribution in [0.1, 0.15) is 38.7 Å². The second kappa shape index (κ2) is 7.66. The Kier molecular flexibility index (Phi) is 4.95. The number of nitrogens with zero attached hydrogens (tertiary/aromatic N) is 2. The summed E-state index contributed by atoms with van der Waals surface area (Å²) < 4.78 is 6.99. The summed E-state index contributed by atoms with van der Waals surface area (Å²) in [6.45, 7) is 4.91. The summed E-state index contributed by atoms with van der Waals surface area (Å²) in [6.07, 6.45) is 3.43. The van der Waals surface area contributed by atoms with Gasteiger partial charge in [-0.15, -0.1) is 11.3 Å². The van der Waals surface area contributed by atoms with Crippen LogP contribution in [0.2, 0.25) is 0 Å². The van der Waals surface area contributed by atoms with Gasteiger partial charge in [0.2, 0.25) is 11.3 Å². The molecule has 1 fully saturated rings. The van der Waals surface area contributed by atoms with Crippen molar-refractivity contribution in [1.82, 2.24) is 9.88 Å². The van der Waals surface area contributed by atoms with Crippen molar-refractivity contribution in [3.8, 4) is 16.3 Å². The smallest absolute Gasteiger partial charge is 0.205 e. The molecule has 6 nitrogen and oxygen atoms in total. The van der Waals surface area contributed by atoms with Crippen LogP contribution in [0.15, 0.2) is 45.6 Å². The van der Waals surface area contributed by atoms with Gasteiger partial charge in [0.25, 0.3) is 0 Å². The number of likely N-dealkylation sites (tertiary alicyclic amines) is 1. The van der Waals surface area contributed by atoms with E-state index in [1.165, 1.54) is 17.8 Å². The molecule has 3 N–H and O–H groups in total. The Hall–Kier alpha value is -2.90. The minimum absolute atomic E-state index is 0.0307. The fourth-order valence-electron chi connectivity index (χ4n) is 4.62. The van der Waals surface area contributed by atoms with E-state index in [0.29, 0.717) is 40.2 Å². The quantitative estimate of drug-likeness (QED) is 0.464. The first-order valence-corrected chi connectivity index (χ1v) is 11.4. The third-order valence-corrected chi connectivity index (χ3v) is 7.44. The number of anilines is 1. The molecule has 0 amide bonds. The number of rotatable bonds is 3. The highest BCUT2D eigenvalue weighted by Crippen LogP contribution is 2.36. The van der Waals surface area contributed by atoms with Crippen LogP contribution in [-0.2, 0) is 6.54 Å². The molecule has 2 aromatic heterocycles. The normalized spacial score (nSPS) is 19.9. The van der Waals surface area contributed by atoms with Gasteiger partial charge in [-0.1, -0.05) is 18.6 Å². The molecular weight excluding hydrogens is 410 g/mol. The highest BCUT2D eigenvalue weighted by molar-refractivity contribution is 7.21. The second-order valence-electron chi connectivity index (χ2n) is 8.40. The van der Waals surface area contributed by atoms with Gasteiger partial charge in [0.15, 0.2) is 0 Å². The molecule has 0 spiro atoms. The van der Waals surface area contributed by atoms with E-state index < -0.39 is 0 Å². The van der Waals surface area contributed by atoms with Crippen molar-refractivity contribution in [2.45, 2.75) is 51.7 Å². The van der Waals surface area contributed by atoms with Crippen LogP contribution in [0.25, 0.3) is 31.8 Å². The number of piperidine rings is 1. The lowest BCUT2D eigenvalue weighted by atomic mass is 9.96. The van der Waals surface area contributed by atoms with E-state index in [1.807, 2.05) is 24.3 Å². The molecule has 3 heterocycles. The molecule has 1 aliphatic rings. The second-order valence-corrected chi connectivity index (χ2v) is 9.43. The molecule has 4 aromatic rings. The van der Waals surface area contributed by atoms with Crippen LogP contribution in [0.5, 0.6) is 5.75 Å². The van der Waals surface area contributed by atoms with Crippen LogP contribution < -0.4 is 11.2 Å². The summed E-state index contributed by atoms with van der Waals surface area (Å²) in [4.78, 5) is 20.4. The maximum Gasteiger partial charge on any atom is 0.205 e. The number of aromatic nitrogens is 1. The first-order chi connectivity index (χ1) is 14.9. The predicted octanol–water partition coefficient (Wildman–Crippen LogP) is 5.12. The first-order valence-electron chi connectivity index (χ1n) is 10.6. The number of hydrogen-bond acceptors (Lipinski definition) is 7. The molecule has 2 aromatic carbocycles. The highest BCUT2D eigenvalue weighted by atomic mass is 32.1. The molecule has 31 heavy (non-hydrogen) atoms. The summed E-state index contributed by atoms with van der Waals surface area (Å²) in [5.41, 5.74) is 8.10. The molecule has 1 aliphatic heterocycles. The molecule has 1 saturated heterocycles. The molecule has 0 aliphatic carbocycles. The number of para-hydroxylation sites is 1. The maximum atomic E-state index is 13.4. The number of benzene rings is 2. The van der Waals surface area contributed by atoms with Crippen molar-refractivity contribution in [3.63, 3.8) is 0 Å². The lowest BCUT2D eigenvalue weighted by Gasteiger charge is -2.39. The molecule has 7 heteroatoms. The average Bonchev–Trinajstić information content (AvgIpc) is 3.16. The lowest BCUT2D eigenvalue weighted by Crippen LogP contribution is -2.43. The van der Waals surface area contributed by atoms with Gasteiger partial charge in [-0.05, 0) is 51.0 Å². The lowest BCUT2D eigenvalue weighted by molar-refractivity contribution is 0.0945. The zero-order chi connectivity index (χ0) is 21.7. The number of fused-ring (bicyclic) bond motifs is 2. The van der Waals surface area contributed by atoms with Crippen molar-refractivity contribution in [1.29, 1.82) is 0 Å². The molecule has 0 unspecified atom stereocenters. The molecule has 0 saturated carbocycles. The van der Waals surface area contributed by atoms with Gasteiger partial charge in [0, 0.05) is 18.6 Å². The van der Waals surface area contributed by atoms with Gasteiger partial charge >= 0.3 is 0 Å². The topological polar surface area (TPSA) is 92.6 Å². The van der Waals surface area contributed by atoms with E-state index in [0.717, 1.165) is 23.1 Å². The average molecular weight is 436 g/mol. The summed E-state index contributed by atoms with van der Waals surface area (Å²) in [5.74, 6) is 0.149. The largest absolute Gasteiger partial charge is 0.507 e. The fraction of sp³-hybridized carbons (Fsp3) is 0.333. The van der Waals surface area contributed by atoms with Gasteiger partial charge in [-0.25, -0.2) is 4.98 Å². The van der Waals surface area contributed by atoms with Crippen LogP contribution in [0.4, 0.5) is 5.88 Å². The van der Waals surface area contributed by atoms with E-state index in [9.17, 15) is 9.90 Å². The molecule has 0 radical (unpaired) electrons. The van der Waals surface area contributed by atoms with Gasteiger partial charge in [0.05, 0.1) is 21.2 Å². The van der Waals surface area contributed by atoms with E-state index in [2.05, 4.69) is 23.7 Å². The number of thiazole rings is 1. The van der Waals surface area contributed by atoms with Crippen LogP contribution in [-0.4, -0.2) is 27.1 Å². The van der Waals surface area contributed by atoms with Crippen molar-refractivity contribution >= 4 is 38.4 Å². The number of phenols is 1. The molecular formula is C24H25N3O3S. The van der Waals surface area contributed by atoms with E-state index in [4.69, 9.17) is 10.2 Å². The number of aromatic hydroxyl groups is 1. The van der Waals surface area contributed by atoms with Crippen molar-refractivity contribution < 1.29 is 9.52 Å². The number of phenolic OH excluding ortho intramolecular Hbond substituents is 1. The summed E-state index contributed by atoms with van der Waals surface area (Å²) in [5, 5.41) is 11.6. The zero-order valence-electron chi connectivity index (χ0n) is 17.6. The van der Waals surface area contributed by atoms with Gasteiger partial charge in [-0.2, -0.15) is 0 Å². The van der Waals surface area contributed by atoms with Crippen LogP contribution in [0.3, 0.4) is 0 Å². The fourth-order valence-corrected chi connectivity index (χ4v) is 5.64. The summed E-state index contributed by atoms with van der Waals surface area (Å²) in [7, 11) is 0. The van der Waals surface area contributed by atoms with Gasteiger partial charge < -0.3 is 15.3 Å². The number of hydrogen-bond donors (Lipinski definition) is 2. The summed E-state index contributed by atoms with van der Waals surface area (Å²) in [6, 6.07) is 11.7. The number of nitrogen functional groups attached to an aromatic ring is 1. The standard InChI is InChI=1S/C24H25N3O3S/c1-13-6-5-7-14(2)27(13)12-16-18(28)11-10-15-21(29)20(23(25)30-22(15)16)24-26-17-8-3-4-9-19(17)31-24/h3-4,8-11,13-14,28H,5-7,12,25H2,1-2H3/t13-,14-/m1/s1. The SMILES string of the molecule is C[C@@H]1CCC[C@@H](C)N1Cc1c(O)ccc2c(=O)c(-c3nc4ccccc4s3)c(N)oc12. The van der Waals surface area contributed by atoms with E-state index in [-0.39, 0.29) is 22.6 Å². The maximum absolute atomic E-state index is 13.4. The minimum Gasteiger partial charge on any atom is -0.507 e. The minimum atomic E-state index is -0.223. The van der Waals surface area contributed by atoms with E-state index in [1.54, 1.807) is 12.1 Å². The van der Waals surface area contributed by atoms with Crippen molar-refractivity contribution in [3.05, 3.63) is 52.2 Å². The first kappa shape index (κ1) is 20.0. The zero-order valence-corrected chi connectivity index (χ0v) is 18.4. The monoisotopic (exact) mass is 435 g/mol. The Morgan fingerprint density at radius 1 is 1.19 bits per heavy atom. The molecule has 160 valence electrons. The Labute approximate surface area is 183 Å². The Morgan fingerprint density at radius 3 is 2.68 bits per heavy atom. The third kappa shape index (κ3) is 3.38. The summed E-state index contributed by atoms with van der Waals surface area (Å²) >= 11 is 1.41. The van der Waals surface area contributed by atoms with Crippen molar-refractivity contribution in [2.24, 2.45) is 0 Å². The Balaban J connectivity index is 1.66. The Bertz CT molecular complexity index is 1300. The van der Waals surface area contributed by atoms with E-state index >= 15 is 0 Å². The van der Waals surface area contributed by atoms with Gasteiger partial charge in [0.1, 0.15) is 21.9 Å². The van der Waals surface area contributed by atoms with Gasteiger partial charge in [-0.3, -0.25) is 9.69 Å². The van der Waals surface area contributed by atoms with Crippen molar-refractivity contribution in [2.75, 3.05) is 5.73 Å². The van der Waals surface area contributed by atoms with Crippen LogP contribution >= 0.6 is 11.3 Å². The van der Waals surface area contributed by atoms with Crippen LogP contribution in [0, 0.1) is 0 Å². The Morgan fingerprint density at radius 2 is 1.94 bits per heavy atom. The molecule has 5 rings (SSSR count). The molecule has 0 bridgehead atoms. The predicted molar refractivity (Wildman–Crippen MR) is 125 cm³/mol. The third-order valence-electron chi connectivity index (χ3n) is 6.39. The molecule has 2 atom stereocenters. The highest BCUT2D eigenvalue weighted by Gasteiger charge is 2.28. The number of nitrogens with two attached hydrogens (primary N) is 1.